The molecule has 0 spiro atoms. The molecular weight excluding hydrogens is 206 g/mol. The van der Waals surface area contributed by atoms with Gasteiger partial charge in [0, 0.05) is 26.4 Å². The number of methoxy groups -OCH3 is 1. The fourth-order valence-electron chi connectivity index (χ4n) is 1.41. The van der Waals surface area contributed by atoms with Crippen LogP contribution in [-0.2, 0) is 14.2 Å². The van der Waals surface area contributed by atoms with Crippen LogP contribution in [-0.4, -0.2) is 53.2 Å². The predicted octanol–water partition coefficient (Wildman–Crippen LogP) is 1.44. The number of rotatable bonds is 12. The van der Waals surface area contributed by atoms with Crippen molar-refractivity contribution in [3.63, 3.8) is 0 Å². The van der Waals surface area contributed by atoms with E-state index in [9.17, 15) is 0 Å². The van der Waals surface area contributed by atoms with E-state index in [0.717, 1.165) is 32.7 Å². The van der Waals surface area contributed by atoms with Crippen LogP contribution in [0.2, 0.25) is 0 Å². The first-order valence-electron chi connectivity index (χ1n) is 6.16. The highest BCUT2D eigenvalue weighted by atomic mass is 16.5. The van der Waals surface area contributed by atoms with E-state index in [1.54, 1.807) is 7.11 Å². The van der Waals surface area contributed by atoms with Crippen LogP contribution in [0.3, 0.4) is 0 Å². The lowest BCUT2D eigenvalue weighted by Crippen LogP contribution is -2.30. The van der Waals surface area contributed by atoms with Gasteiger partial charge in [-0.1, -0.05) is 13.3 Å². The van der Waals surface area contributed by atoms with Crippen molar-refractivity contribution in [3.8, 4) is 0 Å². The smallest absolute Gasteiger partial charge is 0.0701 e. The van der Waals surface area contributed by atoms with Gasteiger partial charge in [-0.25, -0.2) is 0 Å². The second-order valence-corrected chi connectivity index (χ2v) is 3.81. The maximum Gasteiger partial charge on any atom is 0.0701 e. The number of hydrogen-bond donors (Lipinski definition) is 1. The summed E-state index contributed by atoms with van der Waals surface area (Å²) in [5, 5.41) is 3.24. The molecular formula is C12H27NO3. The Hall–Kier alpha value is -0.160. The Morgan fingerprint density at radius 3 is 2.44 bits per heavy atom. The first-order chi connectivity index (χ1) is 7.85. The van der Waals surface area contributed by atoms with Crippen molar-refractivity contribution in [2.75, 3.05) is 47.2 Å². The zero-order chi connectivity index (χ0) is 12.1. The van der Waals surface area contributed by atoms with E-state index in [2.05, 4.69) is 12.2 Å². The summed E-state index contributed by atoms with van der Waals surface area (Å²) >= 11 is 0. The largest absolute Gasteiger partial charge is 0.385 e. The molecule has 0 fully saturated rings. The van der Waals surface area contributed by atoms with Crippen LogP contribution in [0.15, 0.2) is 0 Å². The molecule has 0 bridgehead atoms. The summed E-state index contributed by atoms with van der Waals surface area (Å²) in [6.07, 6.45) is 3.29. The van der Waals surface area contributed by atoms with E-state index < -0.39 is 0 Å². The fraction of sp³-hybridized carbons (Fsp3) is 1.00. The van der Waals surface area contributed by atoms with Crippen molar-refractivity contribution in [1.82, 2.24) is 5.32 Å². The highest BCUT2D eigenvalue weighted by molar-refractivity contribution is 4.61. The molecule has 98 valence electrons. The molecule has 16 heavy (non-hydrogen) atoms. The van der Waals surface area contributed by atoms with Crippen LogP contribution >= 0.6 is 0 Å². The minimum atomic E-state index is 0.471. The summed E-state index contributed by atoms with van der Waals surface area (Å²) in [6, 6.07) is 0.471. The summed E-state index contributed by atoms with van der Waals surface area (Å²) in [5.41, 5.74) is 0. The third-order valence-corrected chi connectivity index (χ3v) is 2.37. The van der Waals surface area contributed by atoms with Gasteiger partial charge in [-0.05, 0) is 19.9 Å². The molecule has 1 atom stereocenters. The van der Waals surface area contributed by atoms with Crippen molar-refractivity contribution < 1.29 is 14.2 Å². The first-order valence-corrected chi connectivity index (χ1v) is 6.16. The summed E-state index contributed by atoms with van der Waals surface area (Å²) in [6.45, 7) is 5.82. The Bertz CT molecular complexity index is 133. The molecule has 0 aromatic heterocycles. The van der Waals surface area contributed by atoms with Crippen LogP contribution < -0.4 is 5.32 Å². The van der Waals surface area contributed by atoms with Crippen LogP contribution in [0.5, 0.6) is 0 Å². The molecule has 0 aromatic rings. The zero-order valence-electron chi connectivity index (χ0n) is 11.0. The summed E-state index contributed by atoms with van der Waals surface area (Å²) in [7, 11) is 3.68. The van der Waals surface area contributed by atoms with Gasteiger partial charge in [0.1, 0.15) is 0 Å². The van der Waals surface area contributed by atoms with Crippen molar-refractivity contribution in [3.05, 3.63) is 0 Å². The van der Waals surface area contributed by atoms with Gasteiger partial charge < -0.3 is 19.5 Å². The van der Waals surface area contributed by atoms with Gasteiger partial charge in [-0.2, -0.15) is 0 Å². The quantitative estimate of drug-likeness (QED) is 0.518. The molecule has 1 N–H and O–H groups in total. The summed E-state index contributed by atoms with van der Waals surface area (Å²) < 4.78 is 15.8. The van der Waals surface area contributed by atoms with Gasteiger partial charge in [0.2, 0.25) is 0 Å². The lowest BCUT2D eigenvalue weighted by molar-refractivity contribution is 0.0324. The third kappa shape index (κ3) is 10.4. The number of ether oxygens (including phenoxy) is 3. The maximum absolute atomic E-state index is 5.53. The van der Waals surface area contributed by atoms with Crippen LogP contribution in [0.1, 0.15) is 26.2 Å². The molecule has 0 aliphatic heterocycles. The van der Waals surface area contributed by atoms with Gasteiger partial charge in [0.15, 0.2) is 0 Å². The van der Waals surface area contributed by atoms with E-state index in [1.165, 1.54) is 6.42 Å². The third-order valence-electron chi connectivity index (χ3n) is 2.37. The SMILES string of the molecule is CCCC(COCCOCCCOC)NC. The predicted molar refractivity (Wildman–Crippen MR) is 65.9 cm³/mol. The lowest BCUT2D eigenvalue weighted by atomic mass is 10.2. The standard InChI is InChI=1S/C12H27NO3/c1-4-6-12(13-2)11-16-10-9-15-8-5-7-14-3/h12-13H,4-11H2,1-3H3. The highest BCUT2D eigenvalue weighted by Crippen LogP contribution is 1.96. The Labute approximate surface area is 99.6 Å². The molecule has 0 aromatic carbocycles. The number of nitrogens with one attached hydrogen (secondary N) is 1. The van der Waals surface area contributed by atoms with Crippen molar-refractivity contribution in [2.45, 2.75) is 32.2 Å². The van der Waals surface area contributed by atoms with E-state index in [1.807, 2.05) is 7.05 Å². The average molecular weight is 233 g/mol. The molecule has 0 radical (unpaired) electrons. The second-order valence-electron chi connectivity index (χ2n) is 3.81. The molecule has 0 heterocycles. The van der Waals surface area contributed by atoms with Gasteiger partial charge in [-0.3, -0.25) is 0 Å². The van der Waals surface area contributed by atoms with Crippen molar-refractivity contribution >= 4 is 0 Å². The molecule has 0 saturated heterocycles. The number of hydrogen-bond acceptors (Lipinski definition) is 4. The molecule has 0 rings (SSSR count). The van der Waals surface area contributed by atoms with E-state index in [-0.39, 0.29) is 0 Å². The van der Waals surface area contributed by atoms with Crippen LogP contribution in [0.25, 0.3) is 0 Å². The topological polar surface area (TPSA) is 39.7 Å². The summed E-state index contributed by atoms with van der Waals surface area (Å²) in [5.74, 6) is 0. The van der Waals surface area contributed by atoms with Gasteiger partial charge in [0.05, 0.1) is 19.8 Å². The second kappa shape index (κ2) is 12.9. The lowest BCUT2D eigenvalue weighted by Gasteiger charge is -2.15. The highest BCUT2D eigenvalue weighted by Gasteiger charge is 2.03. The molecule has 0 saturated carbocycles. The Morgan fingerprint density at radius 1 is 1.06 bits per heavy atom. The fourth-order valence-corrected chi connectivity index (χ4v) is 1.41. The Kier molecular flexibility index (Phi) is 12.8. The summed E-state index contributed by atoms with van der Waals surface area (Å²) in [4.78, 5) is 0. The minimum absolute atomic E-state index is 0.471. The Balaban J connectivity index is 3.12. The molecule has 0 aliphatic rings. The normalized spacial score (nSPS) is 12.9. The molecule has 4 heteroatoms. The minimum Gasteiger partial charge on any atom is -0.385 e. The van der Waals surface area contributed by atoms with Crippen LogP contribution in [0, 0.1) is 0 Å². The van der Waals surface area contributed by atoms with Crippen molar-refractivity contribution in [2.24, 2.45) is 0 Å². The maximum atomic E-state index is 5.53. The van der Waals surface area contributed by atoms with Crippen LogP contribution in [0.4, 0.5) is 0 Å². The zero-order valence-corrected chi connectivity index (χ0v) is 11.0. The van der Waals surface area contributed by atoms with Crippen molar-refractivity contribution in [1.29, 1.82) is 0 Å². The van der Waals surface area contributed by atoms with E-state index in [4.69, 9.17) is 14.2 Å². The van der Waals surface area contributed by atoms with Gasteiger partial charge in [0.25, 0.3) is 0 Å². The molecule has 1 unspecified atom stereocenters. The number of likely N-dealkylation sites (N-methyl/N-ethyl adjacent to an activating group) is 1. The average Bonchev–Trinajstić information content (AvgIpc) is 2.31. The monoisotopic (exact) mass is 233 g/mol. The molecule has 0 aliphatic carbocycles. The van der Waals surface area contributed by atoms with Gasteiger partial charge >= 0.3 is 0 Å². The van der Waals surface area contributed by atoms with Gasteiger partial charge in [-0.15, -0.1) is 0 Å². The molecule has 0 amide bonds. The molecule has 4 nitrogen and oxygen atoms in total. The Morgan fingerprint density at radius 2 is 1.81 bits per heavy atom. The van der Waals surface area contributed by atoms with E-state index >= 15 is 0 Å². The first kappa shape index (κ1) is 15.8. The van der Waals surface area contributed by atoms with E-state index in [0.29, 0.717) is 19.3 Å².